The number of aliphatic hydroxyl groups excluding tert-OH is 2. The van der Waals surface area contributed by atoms with E-state index in [9.17, 15) is 0 Å². The molecule has 0 fully saturated rings. The molecule has 1 unspecified atom stereocenters. The first-order valence-corrected chi connectivity index (χ1v) is 6.56. The Morgan fingerprint density at radius 3 is 1.53 bits per heavy atom. The number of hydrogen-bond acceptors (Lipinski definition) is 2. The molecule has 2 nitrogen and oxygen atoms in total. The van der Waals surface area contributed by atoms with Crippen molar-refractivity contribution >= 4 is 0 Å². The molecule has 0 heterocycles. The molecule has 0 spiro atoms. The van der Waals surface area contributed by atoms with E-state index in [-0.39, 0.29) is 6.10 Å². The van der Waals surface area contributed by atoms with E-state index >= 15 is 0 Å². The zero-order valence-corrected chi connectivity index (χ0v) is 10.2. The van der Waals surface area contributed by atoms with E-state index in [0.717, 1.165) is 12.8 Å². The van der Waals surface area contributed by atoms with Crippen LogP contribution in [0.2, 0.25) is 0 Å². The van der Waals surface area contributed by atoms with Crippen molar-refractivity contribution in [3.63, 3.8) is 0 Å². The van der Waals surface area contributed by atoms with Crippen molar-refractivity contribution in [2.24, 2.45) is 0 Å². The van der Waals surface area contributed by atoms with Gasteiger partial charge < -0.3 is 10.2 Å². The van der Waals surface area contributed by atoms with Crippen molar-refractivity contribution in [1.82, 2.24) is 0 Å². The summed E-state index contributed by atoms with van der Waals surface area (Å²) < 4.78 is 0. The van der Waals surface area contributed by atoms with Crippen LogP contribution in [-0.4, -0.2) is 22.9 Å². The molecule has 0 bridgehead atoms. The van der Waals surface area contributed by atoms with Crippen molar-refractivity contribution in [1.29, 1.82) is 0 Å². The predicted molar refractivity (Wildman–Crippen MR) is 64.9 cm³/mol. The molecule has 2 N–H and O–H groups in total. The third-order valence-corrected chi connectivity index (χ3v) is 2.78. The summed E-state index contributed by atoms with van der Waals surface area (Å²) in [6, 6.07) is 0. The Bertz CT molecular complexity index is 113. The summed E-state index contributed by atoms with van der Waals surface area (Å²) in [4.78, 5) is 0. The average Bonchev–Trinajstić information content (AvgIpc) is 2.20. The lowest BCUT2D eigenvalue weighted by molar-refractivity contribution is 0.180. The first-order valence-electron chi connectivity index (χ1n) is 6.56. The fraction of sp³-hybridized carbons (Fsp3) is 1.00. The number of aliphatic hydroxyl groups is 2. The molecule has 0 aliphatic carbocycles. The van der Waals surface area contributed by atoms with Crippen molar-refractivity contribution in [3.05, 3.63) is 0 Å². The maximum Gasteiger partial charge on any atom is 0.0512 e. The molecule has 0 aromatic rings. The van der Waals surface area contributed by atoms with Crippen molar-refractivity contribution in [3.8, 4) is 0 Å². The molecule has 0 aliphatic rings. The Balaban J connectivity index is 2.87. The van der Waals surface area contributed by atoms with Gasteiger partial charge in [-0.2, -0.15) is 0 Å². The van der Waals surface area contributed by atoms with Crippen LogP contribution in [0.15, 0.2) is 0 Å². The van der Waals surface area contributed by atoms with E-state index in [1.165, 1.54) is 51.4 Å². The molecule has 92 valence electrons. The molecule has 0 aromatic carbocycles. The SMILES string of the molecule is CC(O)CCCCCCCCCCCO. The topological polar surface area (TPSA) is 40.5 Å². The van der Waals surface area contributed by atoms with Crippen molar-refractivity contribution in [2.45, 2.75) is 77.2 Å². The minimum absolute atomic E-state index is 0.122. The van der Waals surface area contributed by atoms with Crippen LogP contribution in [0.1, 0.15) is 71.1 Å². The quantitative estimate of drug-likeness (QED) is 0.520. The molecule has 0 saturated heterocycles. The Kier molecular flexibility index (Phi) is 11.9. The van der Waals surface area contributed by atoms with Gasteiger partial charge in [0.2, 0.25) is 0 Å². The average molecular weight is 216 g/mol. The van der Waals surface area contributed by atoms with Gasteiger partial charge in [0.25, 0.3) is 0 Å². The molecule has 15 heavy (non-hydrogen) atoms. The van der Waals surface area contributed by atoms with Gasteiger partial charge in [-0.05, 0) is 19.8 Å². The van der Waals surface area contributed by atoms with Crippen molar-refractivity contribution < 1.29 is 10.2 Å². The summed E-state index contributed by atoms with van der Waals surface area (Å²) in [7, 11) is 0. The summed E-state index contributed by atoms with van der Waals surface area (Å²) >= 11 is 0. The first-order chi connectivity index (χ1) is 7.27. The Hall–Kier alpha value is -0.0800. The second-order valence-corrected chi connectivity index (χ2v) is 4.54. The minimum Gasteiger partial charge on any atom is -0.396 e. The van der Waals surface area contributed by atoms with Gasteiger partial charge in [-0.15, -0.1) is 0 Å². The highest BCUT2D eigenvalue weighted by atomic mass is 16.3. The third kappa shape index (κ3) is 13.9. The molecular formula is C13H28O2. The lowest BCUT2D eigenvalue weighted by Crippen LogP contribution is -1.98. The van der Waals surface area contributed by atoms with Crippen LogP contribution in [0.3, 0.4) is 0 Å². The van der Waals surface area contributed by atoms with Gasteiger partial charge in [0.05, 0.1) is 6.10 Å². The highest BCUT2D eigenvalue weighted by molar-refractivity contribution is 4.50. The number of unbranched alkanes of at least 4 members (excludes halogenated alkanes) is 8. The van der Waals surface area contributed by atoms with Gasteiger partial charge >= 0.3 is 0 Å². The summed E-state index contributed by atoms with van der Waals surface area (Å²) in [6.07, 6.45) is 12.0. The van der Waals surface area contributed by atoms with E-state index in [1.54, 1.807) is 0 Å². The maximum absolute atomic E-state index is 9.06. The van der Waals surface area contributed by atoms with Gasteiger partial charge in [0.1, 0.15) is 0 Å². The molecule has 1 atom stereocenters. The second kappa shape index (κ2) is 12.0. The molecule has 0 rings (SSSR count). The predicted octanol–water partition coefficient (Wildman–Crippen LogP) is 3.26. The lowest BCUT2D eigenvalue weighted by atomic mass is 10.1. The molecule has 0 radical (unpaired) electrons. The highest BCUT2D eigenvalue weighted by Gasteiger charge is 1.95. The summed E-state index contributed by atoms with van der Waals surface area (Å²) in [5.41, 5.74) is 0. The normalized spacial score (nSPS) is 13.0. The Morgan fingerprint density at radius 1 is 0.733 bits per heavy atom. The zero-order chi connectivity index (χ0) is 11.4. The largest absolute Gasteiger partial charge is 0.396 e. The van der Waals surface area contributed by atoms with Gasteiger partial charge in [-0.3, -0.25) is 0 Å². The van der Waals surface area contributed by atoms with Crippen LogP contribution in [0, 0.1) is 0 Å². The van der Waals surface area contributed by atoms with E-state index in [2.05, 4.69) is 0 Å². The van der Waals surface area contributed by atoms with E-state index in [1.807, 2.05) is 6.92 Å². The molecule has 0 amide bonds. The fourth-order valence-corrected chi connectivity index (χ4v) is 1.79. The maximum atomic E-state index is 9.06. The second-order valence-electron chi connectivity index (χ2n) is 4.54. The molecule has 0 aromatic heterocycles. The van der Waals surface area contributed by atoms with Gasteiger partial charge in [0.15, 0.2) is 0 Å². The molecule has 0 aliphatic heterocycles. The highest BCUT2D eigenvalue weighted by Crippen LogP contribution is 2.11. The van der Waals surface area contributed by atoms with Gasteiger partial charge in [-0.25, -0.2) is 0 Å². The van der Waals surface area contributed by atoms with Crippen LogP contribution in [0.4, 0.5) is 0 Å². The third-order valence-electron chi connectivity index (χ3n) is 2.78. The van der Waals surface area contributed by atoms with E-state index < -0.39 is 0 Å². The first kappa shape index (κ1) is 14.9. The number of rotatable bonds is 11. The van der Waals surface area contributed by atoms with Crippen LogP contribution >= 0.6 is 0 Å². The van der Waals surface area contributed by atoms with Gasteiger partial charge in [0, 0.05) is 6.61 Å². The molecule has 2 heteroatoms. The lowest BCUT2D eigenvalue weighted by Gasteiger charge is -2.04. The standard InChI is InChI=1S/C13H28O2/c1-13(15)11-9-7-5-3-2-4-6-8-10-12-14/h13-15H,2-12H2,1H3. The smallest absolute Gasteiger partial charge is 0.0512 e. The Morgan fingerprint density at radius 2 is 1.13 bits per heavy atom. The fourth-order valence-electron chi connectivity index (χ4n) is 1.79. The summed E-state index contributed by atoms with van der Waals surface area (Å²) in [5.74, 6) is 0. The summed E-state index contributed by atoms with van der Waals surface area (Å²) in [5, 5.41) is 17.6. The molecule has 0 saturated carbocycles. The van der Waals surface area contributed by atoms with E-state index in [0.29, 0.717) is 6.61 Å². The monoisotopic (exact) mass is 216 g/mol. The van der Waals surface area contributed by atoms with Gasteiger partial charge in [-0.1, -0.05) is 51.4 Å². The van der Waals surface area contributed by atoms with Crippen LogP contribution in [0.5, 0.6) is 0 Å². The zero-order valence-electron chi connectivity index (χ0n) is 10.2. The van der Waals surface area contributed by atoms with E-state index in [4.69, 9.17) is 10.2 Å². The van der Waals surface area contributed by atoms with Crippen LogP contribution in [0.25, 0.3) is 0 Å². The minimum atomic E-state index is -0.122. The van der Waals surface area contributed by atoms with Crippen LogP contribution < -0.4 is 0 Å². The Labute approximate surface area is 94.7 Å². The summed E-state index contributed by atoms with van der Waals surface area (Å²) in [6.45, 7) is 2.21. The van der Waals surface area contributed by atoms with Crippen molar-refractivity contribution in [2.75, 3.05) is 6.61 Å². The molecular weight excluding hydrogens is 188 g/mol. The van der Waals surface area contributed by atoms with Crippen LogP contribution in [-0.2, 0) is 0 Å². The number of hydrogen-bond donors (Lipinski definition) is 2.